The van der Waals surface area contributed by atoms with Gasteiger partial charge in [0.25, 0.3) is 0 Å². The van der Waals surface area contributed by atoms with E-state index in [0.29, 0.717) is 33.0 Å². The molecule has 0 aromatic carbocycles. The zero-order valence-corrected chi connectivity index (χ0v) is 98.3. The highest BCUT2D eigenvalue weighted by Crippen LogP contribution is 2.49. The summed E-state index contributed by atoms with van der Waals surface area (Å²) in [5, 5.41) is 11.7. The van der Waals surface area contributed by atoms with E-state index in [9.17, 15) is 0 Å². The summed E-state index contributed by atoms with van der Waals surface area (Å²) in [6.45, 7) is 91.4. The molecule has 0 saturated carbocycles. The Hall–Kier alpha value is -5.17. The second-order valence-electron chi connectivity index (χ2n) is 49.8. The molecule has 28 nitrogen and oxygen atoms in total. The van der Waals surface area contributed by atoms with Crippen molar-refractivity contribution in [2.75, 3.05) is 163 Å². The Kier molecular flexibility index (Phi) is 48.7. The molecular weight excluding hydrogens is 1770 g/mol. The number of aromatic nitrogens is 9. The summed E-state index contributed by atoms with van der Waals surface area (Å²) in [4.78, 5) is 110. The SMILES string of the molecule is CCCCN(CCCC)c1nc(N(CCCC)CCCC)nc(N(CCCCCCN(c2nc(N(C)C3CC(C)(C)N(OCCC)C(C)(C)C3)nc(N(CCCCCCN(c3nc(N(CCCC)CCCC)nc(N(CCCC)CCCC)n3)C3CC(C)(C)N(OCCC)C(C)(C)C3)C3CC(C)(C)N(OCCC)C(C)(C)C3)n2)C2CC(C)(C)N(OCCC)C(C)(C)C2)C2CC(C)(C)N(OCCC)C(C)(C)C2)n1. The van der Waals surface area contributed by atoms with Gasteiger partial charge >= 0.3 is 0 Å². The number of piperidine rings is 5. The summed E-state index contributed by atoms with van der Waals surface area (Å²) in [5.41, 5.74) is -2.99. The van der Waals surface area contributed by atoms with Gasteiger partial charge in [-0.15, -0.1) is 0 Å². The first-order valence-electron chi connectivity index (χ1n) is 58.5. The second-order valence-corrected chi connectivity index (χ2v) is 49.8. The van der Waals surface area contributed by atoms with E-state index >= 15 is 0 Å². The van der Waals surface area contributed by atoms with Crippen molar-refractivity contribution in [3.8, 4) is 0 Å². The van der Waals surface area contributed by atoms with E-state index in [2.05, 4.69) is 305 Å². The molecule has 0 unspecified atom stereocenters. The number of hydrogen-bond donors (Lipinski definition) is 0. The summed E-state index contributed by atoms with van der Waals surface area (Å²) in [7, 11) is 2.29. The first-order valence-corrected chi connectivity index (χ1v) is 58.5. The highest BCUT2D eigenvalue weighted by Gasteiger charge is 2.55. The highest BCUT2D eigenvalue weighted by atomic mass is 16.7. The molecule has 5 aliphatic rings. The van der Waals surface area contributed by atoms with Gasteiger partial charge in [0.15, 0.2) is 0 Å². The molecule has 28 heteroatoms. The number of unbranched alkanes of at least 4 members (excludes halogenated alkanes) is 14. The van der Waals surface area contributed by atoms with Gasteiger partial charge < -0.3 is 44.1 Å². The van der Waals surface area contributed by atoms with Crippen molar-refractivity contribution < 1.29 is 24.2 Å². The number of anilines is 9. The molecule has 0 aliphatic carbocycles. The molecule has 3 aromatic rings. The Morgan fingerprint density at radius 1 is 0.190 bits per heavy atom. The monoisotopic (exact) mass is 1990 g/mol. The lowest BCUT2D eigenvalue weighted by Crippen LogP contribution is -2.64. The van der Waals surface area contributed by atoms with Crippen LogP contribution >= 0.6 is 0 Å². The second kappa shape index (κ2) is 56.6. The smallest absolute Gasteiger partial charge is 0.232 e. The fraction of sp³-hybridized carbons (Fsp3) is 0.921. The van der Waals surface area contributed by atoms with Crippen molar-refractivity contribution in [2.45, 2.75) is 564 Å². The molecule has 0 amide bonds. The standard InChI is InChI=1S/C114H219N23O5/c1-35-48-64-125(65-49-36-2)97-117-98(126(66-50-37-3)67-51-38-4)120-103(119-97)131(94-87-111(26,27)136(141-79-46-12)112(28,29)88-94)74-62-58-56-60-72-129(92-83-107(18,19)134(139-77-44-10)108(20,21)84-92)101-115-96(124(34)91-81-105(14,15)133(138-76-43-9)106(16,17)82-91)116-102(123-101)130(93-85-109(22,23)135(140-78-45-11)110(24,25)86-93)73-61-57-59-63-75-132(95-89-113(30,31)137(142-80-47-13)114(32,33)90-95)104-121-99(127(68-52-39-5)69-53-40-6)118-100(122-104)128(70-54-41-7)71-55-42-8/h91-95H,35-90H2,1-34H3. The molecule has 5 aliphatic heterocycles. The maximum atomic E-state index is 6.92. The molecule has 3 aromatic heterocycles. The molecule has 820 valence electrons. The van der Waals surface area contributed by atoms with Crippen LogP contribution in [0.25, 0.3) is 0 Å². The van der Waals surface area contributed by atoms with Crippen molar-refractivity contribution in [1.29, 1.82) is 0 Å². The largest absolute Gasteiger partial charge is 0.341 e. The van der Waals surface area contributed by atoms with E-state index < -0.39 is 0 Å². The molecule has 8 heterocycles. The zero-order valence-electron chi connectivity index (χ0n) is 98.3. The molecule has 0 N–H and O–H groups in total. The summed E-state index contributed by atoms with van der Waals surface area (Å²) < 4.78 is 0. The van der Waals surface area contributed by atoms with Gasteiger partial charge in [0.05, 0.1) is 33.0 Å². The third-order valence-corrected chi connectivity index (χ3v) is 30.9. The molecule has 5 fully saturated rings. The third-order valence-electron chi connectivity index (χ3n) is 30.9. The summed E-state index contributed by atoms with van der Waals surface area (Å²) >= 11 is 0. The maximum Gasteiger partial charge on any atom is 0.232 e. The fourth-order valence-electron chi connectivity index (χ4n) is 25.0. The molecule has 0 bridgehead atoms. The van der Waals surface area contributed by atoms with Crippen LogP contribution < -0.4 is 44.1 Å². The first kappa shape index (κ1) is 122. The van der Waals surface area contributed by atoms with Crippen LogP contribution in [0.3, 0.4) is 0 Å². The lowest BCUT2D eigenvalue weighted by molar-refractivity contribution is -0.282. The third kappa shape index (κ3) is 33.9. The van der Waals surface area contributed by atoms with Gasteiger partial charge in [-0.2, -0.15) is 70.2 Å². The predicted molar refractivity (Wildman–Crippen MR) is 599 cm³/mol. The Morgan fingerprint density at radius 2 is 0.338 bits per heavy atom. The number of hydrogen-bond acceptors (Lipinski definition) is 28. The first-order chi connectivity index (χ1) is 67.2. The molecular formula is C114H219N23O5. The average molecular weight is 1990 g/mol. The number of rotatable bonds is 67. The molecule has 142 heavy (non-hydrogen) atoms. The zero-order chi connectivity index (χ0) is 105. The van der Waals surface area contributed by atoms with E-state index in [1.54, 1.807) is 0 Å². The van der Waals surface area contributed by atoms with Gasteiger partial charge in [-0.3, -0.25) is 24.2 Å². The Morgan fingerprint density at radius 3 is 0.500 bits per heavy atom. The molecule has 8 rings (SSSR count). The lowest BCUT2D eigenvalue weighted by Gasteiger charge is -2.56. The van der Waals surface area contributed by atoms with Crippen molar-refractivity contribution in [2.24, 2.45) is 0 Å². The van der Waals surface area contributed by atoms with Crippen molar-refractivity contribution in [1.82, 2.24) is 70.2 Å². The quantitative estimate of drug-likeness (QED) is 0.0481. The average Bonchev–Trinajstić information content (AvgIpc) is 0.722. The van der Waals surface area contributed by atoms with Crippen LogP contribution in [0.5, 0.6) is 0 Å². The summed E-state index contributed by atoms with van der Waals surface area (Å²) in [6.07, 6.45) is 39.0. The minimum absolute atomic E-state index is 0.0588. The van der Waals surface area contributed by atoms with Gasteiger partial charge in [0.1, 0.15) is 0 Å². The minimum atomic E-state index is -0.335. The maximum absolute atomic E-state index is 6.92. The Labute approximate surface area is 870 Å². The fourth-order valence-corrected chi connectivity index (χ4v) is 25.0. The Balaban J connectivity index is 1.28. The van der Waals surface area contributed by atoms with Crippen LogP contribution in [-0.4, -0.2) is 274 Å². The van der Waals surface area contributed by atoms with Gasteiger partial charge in [0.2, 0.25) is 53.5 Å². The summed E-state index contributed by atoms with van der Waals surface area (Å²) in [5.74, 6) is 7.21. The minimum Gasteiger partial charge on any atom is -0.341 e. The van der Waals surface area contributed by atoms with Crippen LogP contribution in [0.4, 0.5) is 53.5 Å². The van der Waals surface area contributed by atoms with E-state index in [4.69, 9.17) is 69.0 Å². The van der Waals surface area contributed by atoms with E-state index in [-0.39, 0.29) is 85.6 Å². The molecule has 0 spiro atoms. The van der Waals surface area contributed by atoms with Gasteiger partial charge in [0, 0.05) is 171 Å². The van der Waals surface area contributed by atoms with Gasteiger partial charge in [-0.05, 0) is 312 Å². The van der Waals surface area contributed by atoms with E-state index in [0.717, 1.165) is 382 Å². The van der Waals surface area contributed by atoms with Crippen LogP contribution in [0.1, 0.15) is 479 Å². The van der Waals surface area contributed by atoms with Crippen LogP contribution in [-0.2, 0) is 24.2 Å². The van der Waals surface area contributed by atoms with Crippen LogP contribution in [0.15, 0.2) is 0 Å². The van der Waals surface area contributed by atoms with Crippen molar-refractivity contribution >= 4 is 53.5 Å². The topological polar surface area (TPSA) is 208 Å². The molecule has 5 saturated heterocycles. The van der Waals surface area contributed by atoms with E-state index in [1.807, 2.05) is 0 Å². The highest BCUT2D eigenvalue weighted by molar-refractivity contribution is 5.52. The Bertz CT molecular complexity index is 3630. The summed E-state index contributed by atoms with van der Waals surface area (Å²) in [6, 6.07) is 0.493. The molecule has 0 atom stereocenters. The number of hydroxylamine groups is 10. The normalized spacial score (nSPS) is 20.1. The van der Waals surface area contributed by atoms with Gasteiger partial charge in [-0.1, -0.05) is 167 Å². The van der Waals surface area contributed by atoms with Crippen molar-refractivity contribution in [3.05, 3.63) is 0 Å². The van der Waals surface area contributed by atoms with Crippen LogP contribution in [0, 0.1) is 0 Å². The predicted octanol–water partition coefficient (Wildman–Crippen LogP) is 25.9. The van der Waals surface area contributed by atoms with Crippen molar-refractivity contribution in [3.63, 3.8) is 0 Å². The van der Waals surface area contributed by atoms with E-state index in [1.165, 1.54) is 0 Å². The van der Waals surface area contributed by atoms with Gasteiger partial charge in [-0.25, -0.2) is 0 Å². The number of nitrogens with zero attached hydrogens (tertiary/aromatic N) is 23. The van der Waals surface area contributed by atoms with Crippen LogP contribution in [0.2, 0.25) is 0 Å². The lowest BCUT2D eigenvalue weighted by atomic mass is 9.78. The molecule has 0 radical (unpaired) electrons.